The molecular formula is C17H20N4O3. The van der Waals surface area contributed by atoms with E-state index in [2.05, 4.69) is 15.2 Å². The van der Waals surface area contributed by atoms with Crippen LogP contribution in [0.4, 0.5) is 0 Å². The number of hydrogen-bond acceptors (Lipinski definition) is 6. The average molecular weight is 328 g/mol. The van der Waals surface area contributed by atoms with Crippen LogP contribution in [0.2, 0.25) is 0 Å². The number of piperidine rings is 1. The lowest BCUT2D eigenvalue weighted by atomic mass is 9.98. The lowest BCUT2D eigenvalue weighted by molar-refractivity contribution is -0.149. The minimum Gasteiger partial charge on any atom is -0.466 e. The number of ether oxygens (including phenoxy) is 1. The number of amides is 1. The number of nitrogens with zero attached hydrogens (tertiary/aromatic N) is 4. The predicted octanol–water partition coefficient (Wildman–Crippen LogP) is 1.75. The molecule has 0 aliphatic carbocycles. The van der Waals surface area contributed by atoms with Crippen molar-refractivity contribution in [3.63, 3.8) is 0 Å². The van der Waals surface area contributed by atoms with Crippen molar-refractivity contribution in [2.75, 3.05) is 19.7 Å². The van der Waals surface area contributed by atoms with E-state index in [1.54, 1.807) is 11.8 Å². The van der Waals surface area contributed by atoms with Gasteiger partial charge in [-0.05, 0) is 44.4 Å². The van der Waals surface area contributed by atoms with E-state index in [1.807, 2.05) is 25.1 Å². The van der Waals surface area contributed by atoms with Crippen LogP contribution in [-0.2, 0) is 9.53 Å². The summed E-state index contributed by atoms with van der Waals surface area (Å²) < 4.78 is 5.07. The van der Waals surface area contributed by atoms with E-state index in [4.69, 9.17) is 4.74 Å². The van der Waals surface area contributed by atoms with Gasteiger partial charge in [0.2, 0.25) is 5.82 Å². The third-order valence-electron chi connectivity index (χ3n) is 4.13. The lowest BCUT2D eigenvalue weighted by Crippen LogP contribution is -2.43. The SMILES string of the molecule is CCOC(=O)[C@@H]1CCCN(C(=O)c2nnc3ccc(C)cc3n2)C1. The van der Waals surface area contributed by atoms with Gasteiger partial charge in [0.25, 0.3) is 5.91 Å². The molecule has 7 nitrogen and oxygen atoms in total. The molecule has 1 atom stereocenters. The number of hydrogen-bond donors (Lipinski definition) is 0. The normalized spacial score (nSPS) is 17.8. The minimum atomic E-state index is -0.292. The molecule has 0 N–H and O–H groups in total. The van der Waals surface area contributed by atoms with Crippen LogP contribution in [0.3, 0.4) is 0 Å². The molecule has 0 spiro atoms. The van der Waals surface area contributed by atoms with Crippen molar-refractivity contribution >= 4 is 22.9 Å². The van der Waals surface area contributed by atoms with Crippen LogP contribution in [0.5, 0.6) is 0 Å². The third kappa shape index (κ3) is 3.34. The highest BCUT2D eigenvalue weighted by molar-refractivity contribution is 5.92. The summed E-state index contributed by atoms with van der Waals surface area (Å²) in [6, 6.07) is 5.63. The largest absolute Gasteiger partial charge is 0.466 e. The first-order valence-electron chi connectivity index (χ1n) is 8.15. The molecule has 1 saturated heterocycles. The number of benzene rings is 1. The fourth-order valence-corrected chi connectivity index (χ4v) is 2.89. The number of aryl methyl sites for hydroxylation is 1. The summed E-state index contributed by atoms with van der Waals surface area (Å²) in [5.74, 6) is -0.751. The maximum Gasteiger partial charge on any atom is 0.310 e. The average Bonchev–Trinajstić information content (AvgIpc) is 2.60. The number of aromatic nitrogens is 3. The van der Waals surface area contributed by atoms with Gasteiger partial charge in [0, 0.05) is 13.1 Å². The van der Waals surface area contributed by atoms with Crippen LogP contribution in [0, 0.1) is 12.8 Å². The van der Waals surface area contributed by atoms with Gasteiger partial charge in [-0.15, -0.1) is 10.2 Å². The molecule has 1 fully saturated rings. The highest BCUT2D eigenvalue weighted by Crippen LogP contribution is 2.19. The summed E-state index contributed by atoms with van der Waals surface area (Å²) in [5.41, 5.74) is 2.34. The molecule has 1 aromatic carbocycles. The fourth-order valence-electron chi connectivity index (χ4n) is 2.89. The first kappa shape index (κ1) is 16.3. The predicted molar refractivity (Wildman–Crippen MR) is 87.3 cm³/mol. The van der Waals surface area contributed by atoms with Crippen LogP contribution in [-0.4, -0.2) is 51.7 Å². The number of esters is 1. The standard InChI is InChI=1S/C17H20N4O3/c1-3-24-17(23)12-5-4-8-21(10-12)16(22)15-18-14-9-11(2)6-7-13(14)19-20-15/h6-7,9,12H,3-5,8,10H2,1-2H3/t12-/m1/s1. The number of carbonyl (C=O) groups excluding carboxylic acids is 2. The molecule has 24 heavy (non-hydrogen) atoms. The van der Waals surface area contributed by atoms with Gasteiger partial charge in [-0.25, -0.2) is 4.98 Å². The molecule has 2 heterocycles. The zero-order chi connectivity index (χ0) is 17.1. The first-order chi connectivity index (χ1) is 11.6. The number of likely N-dealkylation sites (tertiary alicyclic amines) is 1. The quantitative estimate of drug-likeness (QED) is 0.798. The Balaban J connectivity index is 1.79. The van der Waals surface area contributed by atoms with Crippen LogP contribution in [0.15, 0.2) is 18.2 Å². The summed E-state index contributed by atoms with van der Waals surface area (Å²) in [5, 5.41) is 8.02. The summed E-state index contributed by atoms with van der Waals surface area (Å²) in [6.45, 7) is 5.01. The Morgan fingerprint density at radius 2 is 2.12 bits per heavy atom. The molecule has 1 amide bonds. The molecule has 1 aliphatic rings. The second-order valence-corrected chi connectivity index (χ2v) is 5.97. The highest BCUT2D eigenvalue weighted by atomic mass is 16.5. The molecule has 0 radical (unpaired) electrons. The Morgan fingerprint density at radius 1 is 1.29 bits per heavy atom. The summed E-state index contributed by atoms with van der Waals surface area (Å²) >= 11 is 0. The molecular weight excluding hydrogens is 308 g/mol. The van der Waals surface area contributed by atoms with Crippen LogP contribution < -0.4 is 0 Å². The maximum absolute atomic E-state index is 12.7. The molecule has 7 heteroatoms. The molecule has 0 bridgehead atoms. The van der Waals surface area contributed by atoms with E-state index in [9.17, 15) is 9.59 Å². The summed E-state index contributed by atoms with van der Waals surface area (Å²) in [4.78, 5) is 30.5. The Bertz CT molecular complexity index is 778. The van der Waals surface area contributed by atoms with Gasteiger partial charge in [0.15, 0.2) is 0 Å². The zero-order valence-electron chi connectivity index (χ0n) is 13.9. The van der Waals surface area contributed by atoms with Crippen molar-refractivity contribution in [2.24, 2.45) is 5.92 Å². The van der Waals surface area contributed by atoms with Crippen molar-refractivity contribution in [1.29, 1.82) is 0 Å². The molecule has 1 aliphatic heterocycles. The summed E-state index contributed by atoms with van der Waals surface area (Å²) in [7, 11) is 0. The Labute approximate surface area is 140 Å². The molecule has 1 aromatic heterocycles. The van der Waals surface area contributed by atoms with E-state index in [1.165, 1.54) is 0 Å². The van der Waals surface area contributed by atoms with E-state index in [0.29, 0.717) is 30.7 Å². The topological polar surface area (TPSA) is 85.3 Å². The minimum absolute atomic E-state index is 0.0672. The van der Waals surface area contributed by atoms with Gasteiger partial charge in [-0.3, -0.25) is 9.59 Å². The molecule has 0 unspecified atom stereocenters. The van der Waals surface area contributed by atoms with Crippen molar-refractivity contribution in [3.05, 3.63) is 29.6 Å². The van der Waals surface area contributed by atoms with Gasteiger partial charge in [-0.1, -0.05) is 6.07 Å². The monoisotopic (exact) mass is 328 g/mol. The second-order valence-electron chi connectivity index (χ2n) is 5.97. The number of rotatable bonds is 3. The maximum atomic E-state index is 12.7. The van der Waals surface area contributed by atoms with Gasteiger partial charge >= 0.3 is 5.97 Å². The van der Waals surface area contributed by atoms with Crippen LogP contribution >= 0.6 is 0 Å². The van der Waals surface area contributed by atoms with Gasteiger partial charge in [0.05, 0.1) is 18.0 Å². The Hall–Kier alpha value is -2.57. The zero-order valence-corrected chi connectivity index (χ0v) is 13.9. The van der Waals surface area contributed by atoms with Crippen LogP contribution in [0.25, 0.3) is 11.0 Å². The van der Waals surface area contributed by atoms with E-state index >= 15 is 0 Å². The van der Waals surface area contributed by atoms with E-state index in [0.717, 1.165) is 18.4 Å². The molecule has 2 aromatic rings. The van der Waals surface area contributed by atoms with E-state index < -0.39 is 0 Å². The van der Waals surface area contributed by atoms with Crippen molar-refractivity contribution in [2.45, 2.75) is 26.7 Å². The van der Waals surface area contributed by atoms with Crippen molar-refractivity contribution < 1.29 is 14.3 Å². The summed E-state index contributed by atoms with van der Waals surface area (Å²) in [6.07, 6.45) is 1.49. The third-order valence-corrected chi connectivity index (χ3v) is 4.13. The highest BCUT2D eigenvalue weighted by Gasteiger charge is 2.31. The van der Waals surface area contributed by atoms with E-state index in [-0.39, 0.29) is 23.6 Å². The molecule has 0 saturated carbocycles. The van der Waals surface area contributed by atoms with Crippen molar-refractivity contribution in [1.82, 2.24) is 20.1 Å². The number of carbonyl (C=O) groups is 2. The second kappa shape index (κ2) is 6.90. The smallest absolute Gasteiger partial charge is 0.310 e. The van der Waals surface area contributed by atoms with Gasteiger partial charge in [0.1, 0.15) is 5.52 Å². The van der Waals surface area contributed by atoms with Crippen LogP contribution in [0.1, 0.15) is 35.9 Å². The fraction of sp³-hybridized carbons (Fsp3) is 0.471. The Morgan fingerprint density at radius 3 is 2.92 bits per heavy atom. The first-order valence-corrected chi connectivity index (χ1v) is 8.15. The van der Waals surface area contributed by atoms with Gasteiger partial charge < -0.3 is 9.64 Å². The lowest BCUT2D eigenvalue weighted by Gasteiger charge is -2.30. The molecule has 126 valence electrons. The Kier molecular flexibility index (Phi) is 4.69. The van der Waals surface area contributed by atoms with Crippen molar-refractivity contribution in [3.8, 4) is 0 Å². The molecule has 3 rings (SSSR count). The number of fused-ring (bicyclic) bond motifs is 1. The van der Waals surface area contributed by atoms with Gasteiger partial charge in [-0.2, -0.15) is 0 Å².